The van der Waals surface area contributed by atoms with Gasteiger partial charge in [-0.15, -0.1) is 0 Å². The first-order valence-corrected chi connectivity index (χ1v) is 9.74. The molecule has 2 saturated heterocycles. The molecule has 24 heavy (non-hydrogen) atoms. The minimum atomic E-state index is 0.328. The molecule has 2 aliphatic heterocycles. The van der Waals surface area contributed by atoms with Crippen LogP contribution in [0.15, 0.2) is 30.3 Å². The van der Waals surface area contributed by atoms with Crippen LogP contribution in [-0.2, 0) is 6.54 Å². The van der Waals surface area contributed by atoms with E-state index in [4.69, 9.17) is 0 Å². The third-order valence-electron chi connectivity index (χ3n) is 5.79. The average Bonchev–Trinajstić information content (AvgIpc) is 2.57. The predicted octanol–water partition coefficient (Wildman–Crippen LogP) is 3.31. The Balaban J connectivity index is 1.37. The summed E-state index contributed by atoms with van der Waals surface area (Å²) in [5, 5.41) is 0. The van der Waals surface area contributed by atoms with Crippen LogP contribution in [0.1, 0.15) is 39.2 Å². The van der Waals surface area contributed by atoms with Crippen molar-refractivity contribution in [2.45, 2.75) is 45.7 Å². The number of piperazine rings is 1. The first-order chi connectivity index (χ1) is 11.5. The molecule has 2 fully saturated rings. The molecule has 0 aromatic heterocycles. The van der Waals surface area contributed by atoms with E-state index in [1.54, 1.807) is 0 Å². The Labute approximate surface area is 148 Å². The molecule has 0 radical (unpaired) electrons. The van der Waals surface area contributed by atoms with Crippen LogP contribution >= 0.6 is 0 Å². The van der Waals surface area contributed by atoms with Crippen LogP contribution in [0, 0.1) is 5.92 Å². The number of nitrogens with zero attached hydrogens (tertiary/aromatic N) is 3. The first kappa shape index (κ1) is 17.9. The summed E-state index contributed by atoms with van der Waals surface area (Å²) in [5.41, 5.74) is 1.78. The topological polar surface area (TPSA) is 9.72 Å². The zero-order valence-corrected chi connectivity index (χ0v) is 15.9. The molecule has 0 amide bonds. The van der Waals surface area contributed by atoms with Gasteiger partial charge in [0, 0.05) is 44.8 Å². The van der Waals surface area contributed by atoms with Crippen molar-refractivity contribution in [3.8, 4) is 0 Å². The summed E-state index contributed by atoms with van der Waals surface area (Å²) in [6, 6.07) is 10.9. The fraction of sp³-hybridized carbons (Fsp3) is 0.714. The lowest BCUT2D eigenvalue weighted by Gasteiger charge is -2.43. The molecular formula is C21H35N3. The van der Waals surface area contributed by atoms with Gasteiger partial charge >= 0.3 is 0 Å². The zero-order valence-electron chi connectivity index (χ0n) is 15.9. The van der Waals surface area contributed by atoms with Crippen molar-refractivity contribution in [3.05, 3.63) is 35.9 Å². The summed E-state index contributed by atoms with van der Waals surface area (Å²) in [7, 11) is 0. The van der Waals surface area contributed by atoms with E-state index in [0.717, 1.165) is 12.5 Å². The lowest BCUT2D eigenvalue weighted by molar-refractivity contribution is 0.0474. The van der Waals surface area contributed by atoms with Crippen molar-refractivity contribution < 1.29 is 0 Å². The van der Waals surface area contributed by atoms with Crippen LogP contribution in [0.5, 0.6) is 0 Å². The standard InChI is InChI=1S/C21H35N3/c1-21(2,3)24-15-13-23(14-16-24)18-20-9-11-22(12-10-20)17-19-7-5-4-6-8-19/h4-8,20H,9-18H2,1-3H3. The van der Waals surface area contributed by atoms with E-state index in [1.165, 1.54) is 64.2 Å². The van der Waals surface area contributed by atoms with Gasteiger partial charge in [-0.25, -0.2) is 0 Å². The Hall–Kier alpha value is -0.900. The number of rotatable bonds is 4. The summed E-state index contributed by atoms with van der Waals surface area (Å²) in [5.74, 6) is 0.901. The Kier molecular flexibility index (Phi) is 5.96. The molecule has 2 heterocycles. The molecule has 3 nitrogen and oxygen atoms in total. The number of piperidine rings is 1. The van der Waals surface area contributed by atoms with E-state index in [1.807, 2.05) is 0 Å². The SMILES string of the molecule is CC(C)(C)N1CCN(CC2CCN(Cc3ccccc3)CC2)CC1. The minimum Gasteiger partial charge on any atom is -0.301 e. The summed E-state index contributed by atoms with van der Waals surface area (Å²) < 4.78 is 0. The number of hydrogen-bond acceptors (Lipinski definition) is 3. The Morgan fingerprint density at radius 2 is 1.46 bits per heavy atom. The van der Waals surface area contributed by atoms with Gasteiger partial charge in [-0.05, 0) is 58.2 Å². The molecule has 0 unspecified atom stereocenters. The Morgan fingerprint density at radius 1 is 0.833 bits per heavy atom. The largest absolute Gasteiger partial charge is 0.301 e. The number of hydrogen-bond donors (Lipinski definition) is 0. The lowest BCUT2D eigenvalue weighted by Crippen LogP contribution is -2.54. The molecule has 0 atom stereocenters. The Morgan fingerprint density at radius 3 is 2.04 bits per heavy atom. The molecule has 0 saturated carbocycles. The quantitative estimate of drug-likeness (QED) is 0.839. The van der Waals surface area contributed by atoms with E-state index in [0.29, 0.717) is 5.54 Å². The second kappa shape index (κ2) is 7.99. The zero-order chi connectivity index (χ0) is 17.0. The fourth-order valence-corrected chi connectivity index (χ4v) is 4.14. The van der Waals surface area contributed by atoms with Gasteiger partial charge in [0.2, 0.25) is 0 Å². The molecule has 0 spiro atoms. The number of likely N-dealkylation sites (tertiary alicyclic amines) is 1. The summed E-state index contributed by atoms with van der Waals surface area (Å²) in [6.07, 6.45) is 2.73. The molecule has 2 aliphatic rings. The molecule has 3 heteroatoms. The predicted molar refractivity (Wildman–Crippen MR) is 102 cm³/mol. The highest BCUT2D eigenvalue weighted by atomic mass is 15.3. The van der Waals surface area contributed by atoms with Crippen LogP contribution < -0.4 is 0 Å². The molecular weight excluding hydrogens is 294 g/mol. The van der Waals surface area contributed by atoms with Crippen molar-refractivity contribution in [1.82, 2.24) is 14.7 Å². The van der Waals surface area contributed by atoms with Crippen LogP contribution in [0.3, 0.4) is 0 Å². The molecule has 0 bridgehead atoms. The highest BCUT2D eigenvalue weighted by Crippen LogP contribution is 2.22. The fourth-order valence-electron chi connectivity index (χ4n) is 4.14. The van der Waals surface area contributed by atoms with Gasteiger partial charge in [-0.3, -0.25) is 9.80 Å². The number of benzene rings is 1. The Bertz CT molecular complexity index is 478. The maximum Gasteiger partial charge on any atom is 0.0233 e. The monoisotopic (exact) mass is 329 g/mol. The normalized spacial score (nSPS) is 22.8. The summed E-state index contributed by atoms with van der Waals surface area (Å²) in [6.45, 7) is 17.0. The highest BCUT2D eigenvalue weighted by Gasteiger charge is 2.27. The lowest BCUT2D eigenvalue weighted by atomic mass is 9.95. The van der Waals surface area contributed by atoms with Crippen molar-refractivity contribution >= 4 is 0 Å². The average molecular weight is 330 g/mol. The summed E-state index contributed by atoms with van der Waals surface area (Å²) in [4.78, 5) is 7.97. The van der Waals surface area contributed by atoms with Gasteiger partial charge < -0.3 is 4.90 Å². The van der Waals surface area contributed by atoms with E-state index in [9.17, 15) is 0 Å². The smallest absolute Gasteiger partial charge is 0.0233 e. The third kappa shape index (κ3) is 5.05. The van der Waals surface area contributed by atoms with Crippen molar-refractivity contribution in [1.29, 1.82) is 0 Å². The van der Waals surface area contributed by atoms with Gasteiger partial charge in [0.25, 0.3) is 0 Å². The first-order valence-electron chi connectivity index (χ1n) is 9.74. The van der Waals surface area contributed by atoms with Gasteiger partial charge in [-0.2, -0.15) is 0 Å². The van der Waals surface area contributed by atoms with Crippen LogP contribution in [0.4, 0.5) is 0 Å². The maximum atomic E-state index is 2.71. The molecule has 3 rings (SSSR count). The molecule has 0 N–H and O–H groups in total. The van der Waals surface area contributed by atoms with Gasteiger partial charge in [0.05, 0.1) is 0 Å². The van der Waals surface area contributed by atoms with Gasteiger partial charge in [-0.1, -0.05) is 30.3 Å². The minimum absolute atomic E-state index is 0.328. The van der Waals surface area contributed by atoms with E-state index in [-0.39, 0.29) is 0 Å². The van der Waals surface area contributed by atoms with Crippen LogP contribution in [0.2, 0.25) is 0 Å². The molecule has 134 valence electrons. The van der Waals surface area contributed by atoms with Crippen molar-refractivity contribution in [3.63, 3.8) is 0 Å². The van der Waals surface area contributed by atoms with Crippen LogP contribution in [0.25, 0.3) is 0 Å². The second-order valence-corrected chi connectivity index (χ2v) is 8.66. The van der Waals surface area contributed by atoms with E-state index < -0.39 is 0 Å². The summed E-state index contributed by atoms with van der Waals surface area (Å²) >= 11 is 0. The maximum absolute atomic E-state index is 2.71. The molecule has 1 aromatic rings. The molecule has 0 aliphatic carbocycles. The van der Waals surface area contributed by atoms with Gasteiger partial charge in [0.1, 0.15) is 0 Å². The molecule has 1 aromatic carbocycles. The van der Waals surface area contributed by atoms with Crippen molar-refractivity contribution in [2.24, 2.45) is 5.92 Å². The third-order valence-corrected chi connectivity index (χ3v) is 5.79. The van der Waals surface area contributed by atoms with Crippen molar-refractivity contribution in [2.75, 3.05) is 45.8 Å². The van der Waals surface area contributed by atoms with E-state index >= 15 is 0 Å². The second-order valence-electron chi connectivity index (χ2n) is 8.66. The van der Waals surface area contributed by atoms with Gasteiger partial charge in [0.15, 0.2) is 0 Å². The van der Waals surface area contributed by atoms with Crippen LogP contribution in [-0.4, -0.2) is 66.1 Å². The highest BCUT2D eigenvalue weighted by molar-refractivity contribution is 5.14. The van der Waals surface area contributed by atoms with E-state index in [2.05, 4.69) is 65.8 Å².